The first kappa shape index (κ1) is 12.3. The molecule has 1 N–H and O–H groups in total. The van der Waals surface area contributed by atoms with Gasteiger partial charge in [-0.15, -0.1) is 11.8 Å². The summed E-state index contributed by atoms with van der Waals surface area (Å²) in [5.74, 6) is 1.03. The lowest BCUT2D eigenvalue weighted by atomic mass is 10.0. The maximum absolute atomic E-state index is 5.88. The molecule has 0 saturated carbocycles. The fourth-order valence-electron chi connectivity index (χ4n) is 2.46. The Morgan fingerprint density at radius 1 is 1.28 bits per heavy atom. The quantitative estimate of drug-likeness (QED) is 0.904. The van der Waals surface area contributed by atoms with Crippen LogP contribution < -0.4 is 10.1 Å². The Morgan fingerprint density at radius 2 is 2.11 bits per heavy atom. The van der Waals surface area contributed by atoms with Crippen molar-refractivity contribution in [2.75, 3.05) is 26.4 Å². The summed E-state index contributed by atoms with van der Waals surface area (Å²) in [5.41, 5.74) is 1.29. The van der Waals surface area contributed by atoms with E-state index in [1.807, 2.05) is 17.8 Å². The fourth-order valence-corrected chi connectivity index (χ4v) is 3.85. The summed E-state index contributed by atoms with van der Waals surface area (Å²) in [6.45, 7) is 5.71. The van der Waals surface area contributed by atoms with Gasteiger partial charge in [0, 0.05) is 5.56 Å². The molecule has 1 aromatic carbocycles. The van der Waals surface area contributed by atoms with E-state index < -0.39 is 0 Å². The van der Waals surface area contributed by atoms with Crippen LogP contribution in [0.4, 0.5) is 0 Å². The maximum Gasteiger partial charge on any atom is 0.124 e. The van der Waals surface area contributed by atoms with E-state index in [4.69, 9.17) is 9.47 Å². The molecule has 98 valence electrons. The Hall–Kier alpha value is -0.710. The van der Waals surface area contributed by atoms with E-state index in [1.54, 1.807) is 0 Å². The monoisotopic (exact) mass is 265 g/mol. The molecule has 1 aromatic rings. The molecule has 0 bridgehead atoms. The average Bonchev–Trinajstić information content (AvgIpc) is 2.36. The molecule has 0 radical (unpaired) electrons. The van der Waals surface area contributed by atoms with Crippen molar-refractivity contribution >= 4 is 11.8 Å². The molecule has 0 spiro atoms. The highest BCUT2D eigenvalue weighted by Gasteiger charge is 2.34. The van der Waals surface area contributed by atoms with Gasteiger partial charge in [-0.3, -0.25) is 0 Å². The van der Waals surface area contributed by atoms with E-state index in [0.717, 1.165) is 32.1 Å². The van der Waals surface area contributed by atoms with Crippen molar-refractivity contribution in [1.29, 1.82) is 0 Å². The van der Waals surface area contributed by atoms with E-state index in [9.17, 15) is 0 Å². The molecule has 1 saturated heterocycles. The van der Waals surface area contributed by atoms with Crippen LogP contribution in [0.25, 0.3) is 0 Å². The van der Waals surface area contributed by atoms with Crippen LogP contribution in [-0.2, 0) is 4.74 Å². The molecule has 18 heavy (non-hydrogen) atoms. The third-order valence-corrected chi connectivity index (χ3v) is 4.84. The van der Waals surface area contributed by atoms with Crippen LogP contribution in [0.3, 0.4) is 0 Å². The van der Waals surface area contributed by atoms with Gasteiger partial charge < -0.3 is 14.8 Å². The van der Waals surface area contributed by atoms with Crippen molar-refractivity contribution in [3.8, 4) is 5.75 Å². The molecule has 2 aliphatic rings. The largest absolute Gasteiger partial charge is 0.492 e. The zero-order valence-corrected chi connectivity index (χ0v) is 11.4. The second kappa shape index (κ2) is 5.51. The van der Waals surface area contributed by atoms with Crippen LogP contribution in [0.2, 0.25) is 0 Å². The molecule has 4 heteroatoms. The predicted octanol–water partition coefficient (Wildman–Crippen LogP) is 2.23. The van der Waals surface area contributed by atoms with Crippen LogP contribution in [0.5, 0.6) is 5.75 Å². The predicted molar refractivity (Wildman–Crippen MR) is 74.3 cm³/mol. The molecule has 2 heterocycles. The summed E-state index contributed by atoms with van der Waals surface area (Å²) in [6, 6.07) is 8.76. The lowest BCUT2D eigenvalue weighted by Crippen LogP contribution is -2.41. The summed E-state index contributed by atoms with van der Waals surface area (Å²) in [7, 11) is 0. The van der Waals surface area contributed by atoms with E-state index in [2.05, 4.69) is 30.4 Å². The number of para-hydroxylation sites is 1. The van der Waals surface area contributed by atoms with Gasteiger partial charge in [-0.05, 0) is 12.6 Å². The molecule has 1 fully saturated rings. The topological polar surface area (TPSA) is 30.5 Å². The van der Waals surface area contributed by atoms with Gasteiger partial charge >= 0.3 is 0 Å². The summed E-state index contributed by atoms with van der Waals surface area (Å²) < 4.78 is 11.1. The molecule has 3 rings (SSSR count). The number of fused-ring (bicyclic) bond motifs is 1. The smallest absolute Gasteiger partial charge is 0.124 e. The van der Waals surface area contributed by atoms with E-state index in [0.29, 0.717) is 16.5 Å². The third kappa shape index (κ3) is 2.37. The van der Waals surface area contributed by atoms with Crippen molar-refractivity contribution in [2.24, 2.45) is 0 Å². The van der Waals surface area contributed by atoms with Gasteiger partial charge in [-0.1, -0.05) is 25.1 Å². The highest BCUT2D eigenvalue weighted by atomic mass is 32.2. The van der Waals surface area contributed by atoms with Gasteiger partial charge in [0.05, 0.1) is 29.8 Å². The molecular formula is C14H19NO2S. The van der Waals surface area contributed by atoms with Gasteiger partial charge in [0.15, 0.2) is 0 Å². The SMILES string of the molecule is CCNC1c2ccccc2OCC1SC1COC1. The molecule has 0 amide bonds. The minimum Gasteiger partial charge on any atom is -0.492 e. The number of ether oxygens (including phenoxy) is 2. The summed E-state index contributed by atoms with van der Waals surface area (Å²) in [5, 5.41) is 4.73. The second-order valence-electron chi connectivity index (χ2n) is 4.72. The highest BCUT2D eigenvalue weighted by Crippen LogP contribution is 2.39. The van der Waals surface area contributed by atoms with Crippen LogP contribution >= 0.6 is 11.8 Å². The minimum atomic E-state index is 0.394. The fraction of sp³-hybridized carbons (Fsp3) is 0.571. The first-order valence-corrected chi connectivity index (χ1v) is 7.51. The minimum absolute atomic E-state index is 0.394. The van der Waals surface area contributed by atoms with Gasteiger partial charge in [0.1, 0.15) is 12.4 Å². The third-order valence-electron chi connectivity index (χ3n) is 3.43. The Kier molecular flexibility index (Phi) is 3.77. The number of rotatable bonds is 4. The molecule has 0 aliphatic carbocycles. The standard InChI is InChI=1S/C14H19NO2S/c1-2-15-14-11-5-3-4-6-12(11)17-9-13(14)18-10-7-16-8-10/h3-6,10,13-15H,2,7-9H2,1H3. The lowest BCUT2D eigenvalue weighted by molar-refractivity contribution is 0.0449. The molecule has 0 aromatic heterocycles. The zero-order chi connectivity index (χ0) is 12.4. The van der Waals surface area contributed by atoms with Gasteiger partial charge in [-0.2, -0.15) is 0 Å². The van der Waals surface area contributed by atoms with Crippen molar-refractivity contribution in [3.63, 3.8) is 0 Å². The van der Waals surface area contributed by atoms with E-state index >= 15 is 0 Å². The van der Waals surface area contributed by atoms with Crippen LogP contribution in [0.1, 0.15) is 18.5 Å². The van der Waals surface area contributed by atoms with Crippen LogP contribution in [0, 0.1) is 0 Å². The Labute approximate surface area is 112 Å². The zero-order valence-electron chi connectivity index (χ0n) is 10.6. The first-order valence-electron chi connectivity index (χ1n) is 6.56. The first-order chi connectivity index (χ1) is 8.88. The number of benzene rings is 1. The molecule has 2 unspecified atom stereocenters. The van der Waals surface area contributed by atoms with Crippen molar-refractivity contribution < 1.29 is 9.47 Å². The van der Waals surface area contributed by atoms with Gasteiger partial charge in [0.2, 0.25) is 0 Å². The van der Waals surface area contributed by atoms with E-state index in [-0.39, 0.29) is 0 Å². The van der Waals surface area contributed by atoms with Crippen molar-refractivity contribution in [3.05, 3.63) is 29.8 Å². The summed E-state index contributed by atoms with van der Waals surface area (Å²) in [4.78, 5) is 0. The van der Waals surface area contributed by atoms with E-state index in [1.165, 1.54) is 5.56 Å². The van der Waals surface area contributed by atoms with Crippen LogP contribution in [0.15, 0.2) is 24.3 Å². The van der Waals surface area contributed by atoms with Crippen molar-refractivity contribution in [2.45, 2.75) is 23.5 Å². The number of hydrogen-bond donors (Lipinski definition) is 1. The second-order valence-corrected chi connectivity index (χ2v) is 6.26. The average molecular weight is 265 g/mol. The molecule has 2 atom stereocenters. The number of thioether (sulfide) groups is 1. The lowest BCUT2D eigenvalue weighted by Gasteiger charge is -2.37. The molecular weight excluding hydrogens is 246 g/mol. The Balaban J connectivity index is 1.78. The van der Waals surface area contributed by atoms with Crippen LogP contribution in [-0.4, -0.2) is 36.9 Å². The van der Waals surface area contributed by atoms with Gasteiger partial charge in [0.25, 0.3) is 0 Å². The highest BCUT2D eigenvalue weighted by molar-refractivity contribution is 8.00. The Morgan fingerprint density at radius 3 is 2.83 bits per heavy atom. The molecule has 2 aliphatic heterocycles. The molecule has 3 nitrogen and oxygen atoms in total. The normalized spacial score (nSPS) is 27.2. The number of nitrogens with one attached hydrogen (secondary N) is 1. The summed E-state index contributed by atoms with van der Waals surface area (Å²) >= 11 is 2.01. The van der Waals surface area contributed by atoms with Crippen molar-refractivity contribution in [1.82, 2.24) is 5.32 Å². The Bertz CT molecular complexity index is 409. The van der Waals surface area contributed by atoms with Gasteiger partial charge in [-0.25, -0.2) is 0 Å². The summed E-state index contributed by atoms with van der Waals surface area (Å²) in [6.07, 6.45) is 0. The maximum atomic E-state index is 5.88. The number of hydrogen-bond acceptors (Lipinski definition) is 4.